The number of nitrogens with zero attached hydrogens (tertiary/aromatic N) is 1. The summed E-state index contributed by atoms with van der Waals surface area (Å²) in [6, 6.07) is 32.5. The zero-order chi connectivity index (χ0) is 43.9. The molecule has 62 heavy (non-hydrogen) atoms. The normalized spacial score (nSPS) is 13.5. The van der Waals surface area contributed by atoms with Crippen molar-refractivity contribution in [2.24, 2.45) is 0 Å². The van der Waals surface area contributed by atoms with Crippen LogP contribution < -0.4 is 4.90 Å². The van der Waals surface area contributed by atoms with Gasteiger partial charge in [-0.3, -0.25) is 9.59 Å². The molecule has 1 aromatic heterocycles. The third-order valence-electron chi connectivity index (χ3n) is 12.6. The maximum Gasteiger partial charge on any atom is 0.336 e. The van der Waals surface area contributed by atoms with Gasteiger partial charge < -0.3 is 15.1 Å². The molecular formula is C54H57NO6S. The van der Waals surface area contributed by atoms with Gasteiger partial charge in [-0.1, -0.05) is 134 Å². The molecule has 0 radical (unpaired) electrons. The van der Waals surface area contributed by atoms with Crippen LogP contribution in [0.25, 0.3) is 26.2 Å². The van der Waals surface area contributed by atoms with Gasteiger partial charge in [-0.25, -0.2) is 9.59 Å². The standard InChI is InChI=1S/C54H57NO6S/c1-5-7-9-11-13-15-34(3)37-18-22-39(23-19-37)55(40-24-20-38(21-25-40)35(4)16-14-12-10-8-6-2)41-26-28-43-42-27-17-36(30-49(42)62-50(43)31-41)29-48-51(56)44-32-46(53(58)59)47(54(60)61)33-45(44)52(48)57/h17-35H,5-16H2,1-4H3,(H,58,59)(H,60,61). The number of aromatic carboxylic acids is 2. The number of allylic oxidation sites excluding steroid dienone is 1. The van der Waals surface area contributed by atoms with Crippen molar-refractivity contribution in [2.45, 2.75) is 117 Å². The first-order valence-corrected chi connectivity index (χ1v) is 23.2. The topological polar surface area (TPSA) is 112 Å². The smallest absolute Gasteiger partial charge is 0.336 e. The predicted molar refractivity (Wildman–Crippen MR) is 255 cm³/mol. The Labute approximate surface area is 369 Å². The molecule has 0 spiro atoms. The second-order valence-corrected chi connectivity index (χ2v) is 18.1. The van der Waals surface area contributed by atoms with Gasteiger partial charge in [0, 0.05) is 48.4 Å². The van der Waals surface area contributed by atoms with Crippen LogP contribution in [0.1, 0.15) is 175 Å². The second kappa shape index (κ2) is 19.9. The van der Waals surface area contributed by atoms with E-state index < -0.39 is 34.6 Å². The van der Waals surface area contributed by atoms with Gasteiger partial charge in [0.1, 0.15) is 0 Å². The maximum absolute atomic E-state index is 13.4. The van der Waals surface area contributed by atoms with Crippen LogP contribution in [0.2, 0.25) is 0 Å². The summed E-state index contributed by atoms with van der Waals surface area (Å²) in [6.45, 7) is 9.19. The van der Waals surface area contributed by atoms with Gasteiger partial charge in [0.25, 0.3) is 0 Å². The maximum atomic E-state index is 13.4. The van der Waals surface area contributed by atoms with Crippen LogP contribution in [0.5, 0.6) is 0 Å². The third-order valence-corrected chi connectivity index (χ3v) is 13.7. The molecule has 0 fully saturated rings. The van der Waals surface area contributed by atoms with E-state index in [1.165, 1.54) is 94.3 Å². The lowest BCUT2D eigenvalue weighted by Gasteiger charge is -2.26. The van der Waals surface area contributed by atoms with E-state index in [1.54, 1.807) is 11.3 Å². The molecule has 0 saturated carbocycles. The Hall–Kier alpha value is -5.86. The Bertz CT molecular complexity index is 2520. The molecule has 0 amide bonds. The van der Waals surface area contributed by atoms with E-state index in [9.17, 15) is 29.4 Å². The van der Waals surface area contributed by atoms with Crippen LogP contribution in [0.3, 0.4) is 0 Å². The number of hydrogen-bond donors (Lipinski definition) is 2. The number of carboxylic acid groups (broad SMARTS) is 2. The predicted octanol–water partition coefficient (Wildman–Crippen LogP) is 15.3. The van der Waals surface area contributed by atoms with Gasteiger partial charge in [0.05, 0.1) is 16.7 Å². The molecule has 1 aliphatic rings. The molecule has 1 heterocycles. The zero-order valence-corrected chi connectivity index (χ0v) is 37.2. The van der Waals surface area contributed by atoms with Gasteiger partial charge in [-0.05, 0) is 102 Å². The highest BCUT2D eigenvalue weighted by molar-refractivity contribution is 7.25. The number of anilines is 3. The van der Waals surface area contributed by atoms with E-state index in [1.807, 2.05) is 18.2 Å². The number of carboxylic acids is 2. The second-order valence-electron chi connectivity index (χ2n) is 17.0. The summed E-state index contributed by atoms with van der Waals surface area (Å²) in [5.74, 6) is -3.23. The lowest BCUT2D eigenvalue weighted by molar-refractivity contribution is 0.0651. The van der Waals surface area contributed by atoms with Crippen LogP contribution in [-0.4, -0.2) is 33.7 Å². The van der Waals surface area contributed by atoms with E-state index >= 15 is 0 Å². The Morgan fingerprint density at radius 3 is 1.47 bits per heavy atom. The summed E-state index contributed by atoms with van der Waals surface area (Å²) in [4.78, 5) is 52.8. The fraction of sp³-hybridized carbons (Fsp3) is 0.333. The third kappa shape index (κ3) is 9.61. The van der Waals surface area contributed by atoms with E-state index in [4.69, 9.17) is 0 Å². The number of thiophene rings is 1. The van der Waals surface area contributed by atoms with E-state index in [2.05, 4.69) is 99.3 Å². The van der Waals surface area contributed by atoms with Crippen LogP contribution in [-0.2, 0) is 0 Å². The van der Waals surface area contributed by atoms with E-state index in [0.29, 0.717) is 17.4 Å². The zero-order valence-electron chi connectivity index (χ0n) is 36.3. The Balaban J connectivity index is 1.19. The molecule has 2 atom stereocenters. The molecular weight excluding hydrogens is 791 g/mol. The minimum absolute atomic E-state index is 0.104. The number of carbonyl (C=O) groups excluding carboxylic acids is 2. The summed E-state index contributed by atoms with van der Waals surface area (Å²) in [5.41, 5.74) is 5.18. The summed E-state index contributed by atoms with van der Waals surface area (Å²) in [7, 11) is 0. The van der Waals surface area contributed by atoms with Crippen LogP contribution in [0.4, 0.5) is 17.1 Å². The van der Waals surface area contributed by atoms with E-state index in [-0.39, 0.29) is 16.7 Å². The molecule has 6 aromatic rings. The summed E-state index contributed by atoms with van der Waals surface area (Å²) in [6.07, 6.45) is 16.7. The first kappa shape index (κ1) is 44.2. The quantitative estimate of drug-likeness (QED) is 0.0447. The Morgan fingerprint density at radius 1 is 0.565 bits per heavy atom. The molecule has 0 aliphatic heterocycles. The number of rotatable bonds is 20. The van der Waals surface area contributed by atoms with Gasteiger partial charge in [0.2, 0.25) is 0 Å². The summed E-state index contributed by atoms with van der Waals surface area (Å²) >= 11 is 1.64. The van der Waals surface area contributed by atoms with Crippen molar-refractivity contribution in [1.29, 1.82) is 0 Å². The Kier molecular flexibility index (Phi) is 14.2. The first-order chi connectivity index (χ1) is 30.0. The summed E-state index contributed by atoms with van der Waals surface area (Å²) in [5, 5.41) is 21.3. The largest absolute Gasteiger partial charge is 0.478 e. The van der Waals surface area contributed by atoms with Gasteiger partial charge in [-0.2, -0.15) is 0 Å². The van der Waals surface area contributed by atoms with Crippen molar-refractivity contribution < 1.29 is 29.4 Å². The molecule has 0 saturated heterocycles. The van der Waals surface area contributed by atoms with Crippen LogP contribution in [0.15, 0.2) is 103 Å². The average Bonchev–Trinajstić information content (AvgIpc) is 3.75. The van der Waals surface area contributed by atoms with Crippen LogP contribution >= 0.6 is 11.3 Å². The SMILES string of the molecule is CCCCCCCC(C)c1ccc(N(c2ccc(C(C)CCCCCCC)cc2)c2ccc3c(c2)sc2cc(C=C4C(=O)c5cc(C(=O)O)c(C(=O)O)cc5C4=O)ccc23)cc1. The average molecular weight is 848 g/mol. The van der Waals surface area contributed by atoms with Crippen molar-refractivity contribution in [3.8, 4) is 0 Å². The highest BCUT2D eigenvalue weighted by atomic mass is 32.1. The highest BCUT2D eigenvalue weighted by Gasteiger charge is 2.36. The molecule has 2 unspecified atom stereocenters. The molecule has 5 aromatic carbocycles. The van der Waals surface area contributed by atoms with Crippen molar-refractivity contribution >= 4 is 78.2 Å². The number of carbonyl (C=O) groups is 4. The lowest BCUT2D eigenvalue weighted by atomic mass is 9.94. The number of hydrogen-bond acceptors (Lipinski definition) is 6. The number of Topliss-reactive ketones (excluding diaryl/α,β-unsaturated/α-hetero) is 2. The lowest BCUT2D eigenvalue weighted by Crippen LogP contribution is -2.10. The number of benzene rings is 5. The molecule has 320 valence electrons. The van der Waals surface area contributed by atoms with Crippen molar-refractivity contribution in [3.63, 3.8) is 0 Å². The monoisotopic (exact) mass is 847 g/mol. The fourth-order valence-electron chi connectivity index (χ4n) is 8.82. The molecule has 0 bridgehead atoms. The molecule has 2 N–H and O–H groups in total. The number of unbranched alkanes of at least 4 members (excludes halogenated alkanes) is 8. The molecule has 1 aliphatic carbocycles. The molecule has 7 rings (SSSR count). The molecule has 8 heteroatoms. The minimum Gasteiger partial charge on any atom is -0.478 e. The Morgan fingerprint density at radius 2 is 1.00 bits per heavy atom. The number of fused-ring (bicyclic) bond motifs is 4. The van der Waals surface area contributed by atoms with Gasteiger partial charge >= 0.3 is 11.9 Å². The summed E-state index contributed by atoms with van der Waals surface area (Å²) < 4.78 is 2.08. The van der Waals surface area contributed by atoms with Crippen LogP contribution in [0, 0.1) is 0 Å². The first-order valence-electron chi connectivity index (χ1n) is 22.4. The minimum atomic E-state index is -1.48. The van der Waals surface area contributed by atoms with Crippen molar-refractivity contribution in [1.82, 2.24) is 0 Å². The van der Waals surface area contributed by atoms with Crippen molar-refractivity contribution in [2.75, 3.05) is 4.90 Å². The highest BCUT2D eigenvalue weighted by Crippen LogP contribution is 2.42. The van der Waals surface area contributed by atoms with Gasteiger partial charge in [0.15, 0.2) is 11.6 Å². The van der Waals surface area contributed by atoms with E-state index in [0.717, 1.165) is 49.4 Å². The fourth-order valence-corrected chi connectivity index (χ4v) is 10.0. The molecule has 7 nitrogen and oxygen atoms in total. The van der Waals surface area contributed by atoms with Gasteiger partial charge in [-0.15, -0.1) is 11.3 Å². The number of ketones is 2. The van der Waals surface area contributed by atoms with Crippen molar-refractivity contribution in [3.05, 3.63) is 142 Å².